The van der Waals surface area contributed by atoms with Gasteiger partial charge in [0, 0.05) is 43.5 Å². The summed E-state index contributed by atoms with van der Waals surface area (Å²) in [6, 6.07) is 5.48. The average molecular weight is 454 g/mol. The maximum Gasteiger partial charge on any atom is 0.269 e. The molecule has 2 aliphatic rings. The molecule has 1 aromatic rings. The van der Waals surface area contributed by atoms with Crippen molar-refractivity contribution in [3.63, 3.8) is 0 Å². The van der Waals surface area contributed by atoms with Gasteiger partial charge in [0.25, 0.3) is 5.69 Å². The number of hydrogen-bond acceptors (Lipinski definition) is 7. The normalized spacial score (nSPS) is 24.5. The fraction of sp³-hybridized carbons (Fsp3) is 0.600. The highest BCUT2D eigenvalue weighted by atomic mass is 32.2. The van der Waals surface area contributed by atoms with Gasteiger partial charge in [-0.2, -0.15) is 4.31 Å². The number of hydrogen-bond donors (Lipinski definition) is 2. The van der Waals surface area contributed by atoms with E-state index in [9.17, 15) is 28.1 Å². The Bertz CT molecular complexity index is 991. The van der Waals surface area contributed by atoms with E-state index in [1.165, 1.54) is 29.7 Å². The summed E-state index contributed by atoms with van der Waals surface area (Å²) in [4.78, 5) is 34.6. The number of sulfonamides is 1. The predicted molar refractivity (Wildman–Crippen MR) is 110 cm³/mol. The molecule has 2 aliphatic carbocycles. The number of Topliss-reactive ketones (excluding diaryl/α,β-unsaturated/α-hetero) is 1. The van der Waals surface area contributed by atoms with Gasteiger partial charge in [0.15, 0.2) is 0 Å². The molecule has 2 saturated carbocycles. The first kappa shape index (κ1) is 23.3. The number of nitro benzene ring substituents is 1. The van der Waals surface area contributed by atoms with Crippen LogP contribution in [-0.2, 0) is 26.2 Å². The van der Waals surface area contributed by atoms with E-state index in [-0.39, 0.29) is 42.7 Å². The van der Waals surface area contributed by atoms with Crippen molar-refractivity contribution in [3.8, 4) is 0 Å². The molecule has 0 saturated heterocycles. The van der Waals surface area contributed by atoms with Gasteiger partial charge in [-0.25, -0.2) is 13.9 Å². The van der Waals surface area contributed by atoms with Crippen LogP contribution < -0.4 is 5.48 Å². The number of carbonyl (C=O) groups excluding carboxylic acids is 2. The zero-order valence-electron chi connectivity index (χ0n) is 17.5. The minimum Gasteiger partial charge on any atom is -0.299 e. The van der Waals surface area contributed by atoms with E-state index < -0.39 is 31.7 Å². The molecule has 2 atom stereocenters. The maximum absolute atomic E-state index is 13.5. The molecule has 0 aromatic heterocycles. The summed E-state index contributed by atoms with van der Waals surface area (Å²) in [5.74, 6) is -0.935. The fourth-order valence-electron chi connectivity index (χ4n) is 5.04. The van der Waals surface area contributed by atoms with Crippen molar-refractivity contribution in [2.75, 3.05) is 12.3 Å². The van der Waals surface area contributed by atoms with Crippen LogP contribution in [0.2, 0.25) is 0 Å². The van der Waals surface area contributed by atoms with E-state index in [0.717, 1.165) is 10.7 Å². The lowest BCUT2D eigenvalue weighted by Crippen LogP contribution is -2.47. The highest BCUT2D eigenvalue weighted by Gasteiger charge is 2.65. The first-order valence-corrected chi connectivity index (χ1v) is 11.7. The molecule has 31 heavy (non-hydrogen) atoms. The van der Waals surface area contributed by atoms with Crippen LogP contribution >= 0.6 is 0 Å². The molecule has 3 rings (SSSR count). The third kappa shape index (κ3) is 4.21. The topological polar surface area (TPSA) is 147 Å². The van der Waals surface area contributed by atoms with E-state index in [1.807, 2.05) is 13.8 Å². The van der Waals surface area contributed by atoms with Gasteiger partial charge < -0.3 is 0 Å². The summed E-state index contributed by atoms with van der Waals surface area (Å²) in [5, 5.41) is 19.6. The molecule has 0 spiro atoms. The standard InChI is InChI=1S/C20H27N3O7S/c1-19(2)15-7-9-20(19,17(24)11-15)13-31(29,30)22(10-8-18(25)21-26)12-14-3-5-16(6-4-14)23(27)28/h3-6,15,26H,7-13H2,1-2H3,(H,21,25)/t15?,20-/m0/s1. The predicted octanol–water partition coefficient (Wildman–Crippen LogP) is 2.02. The Kier molecular flexibility index (Phi) is 6.23. The Hall–Kier alpha value is -2.37. The molecule has 1 unspecified atom stereocenters. The smallest absolute Gasteiger partial charge is 0.269 e. The summed E-state index contributed by atoms with van der Waals surface area (Å²) in [5.41, 5.74) is 0.491. The van der Waals surface area contributed by atoms with Crippen LogP contribution in [0, 0.1) is 26.9 Å². The van der Waals surface area contributed by atoms with Gasteiger partial charge in [-0.05, 0) is 29.7 Å². The van der Waals surface area contributed by atoms with Gasteiger partial charge in [0.05, 0.1) is 10.7 Å². The minimum absolute atomic E-state index is 0.0271. The van der Waals surface area contributed by atoms with E-state index in [2.05, 4.69) is 0 Å². The van der Waals surface area contributed by atoms with E-state index >= 15 is 0 Å². The average Bonchev–Trinajstić information content (AvgIpc) is 3.05. The Morgan fingerprint density at radius 1 is 1.32 bits per heavy atom. The Morgan fingerprint density at radius 2 is 1.97 bits per heavy atom. The number of carbonyl (C=O) groups is 2. The number of amides is 1. The highest BCUT2D eigenvalue weighted by Crippen LogP contribution is 2.64. The third-order valence-electron chi connectivity index (χ3n) is 7.18. The van der Waals surface area contributed by atoms with Crippen LogP contribution in [0.25, 0.3) is 0 Å². The third-order valence-corrected chi connectivity index (χ3v) is 9.14. The lowest BCUT2D eigenvalue weighted by atomic mass is 9.70. The molecule has 0 radical (unpaired) electrons. The van der Waals surface area contributed by atoms with E-state index in [1.54, 1.807) is 0 Å². The first-order valence-electron chi connectivity index (χ1n) is 10.1. The number of nitro groups is 1. The second kappa shape index (κ2) is 8.29. The lowest BCUT2D eigenvalue weighted by Gasteiger charge is -2.37. The highest BCUT2D eigenvalue weighted by molar-refractivity contribution is 7.89. The number of fused-ring (bicyclic) bond motifs is 2. The lowest BCUT2D eigenvalue weighted by molar-refractivity contribution is -0.384. The van der Waals surface area contributed by atoms with Crippen molar-refractivity contribution in [2.45, 2.75) is 46.1 Å². The number of hydroxylamine groups is 1. The molecule has 1 aromatic carbocycles. The van der Waals surface area contributed by atoms with E-state index in [4.69, 9.17) is 5.21 Å². The molecule has 2 N–H and O–H groups in total. The number of nitrogens with zero attached hydrogens (tertiary/aromatic N) is 2. The molecule has 170 valence electrons. The molecule has 2 fully saturated rings. The van der Waals surface area contributed by atoms with Crippen molar-refractivity contribution in [1.82, 2.24) is 9.79 Å². The van der Waals surface area contributed by atoms with Crippen LogP contribution in [0.4, 0.5) is 5.69 Å². The molecular formula is C20H27N3O7S. The van der Waals surface area contributed by atoms with Crippen molar-refractivity contribution in [1.29, 1.82) is 0 Å². The van der Waals surface area contributed by atoms with Crippen LogP contribution in [0.15, 0.2) is 24.3 Å². The van der Waals surface area contributed by atoms with Gasteiger partial charge in [0.2, 0.25) is 15.9 Å². The van der Waals surface area contributed by atoms with Crippen molar-refractivity contribution < 1.29 is 28.1 Å². The molecule has 0 aliphatic heterocycles. The summed E-state index contributed by atoms with van der Waals surface area (Å²) in [6.07, 6.45) is 1.45. The molecule has 1 amide bonds. The van der Waals surface area contributed by atoms with Crippen LogP contribution in [0.1, 0.15) is 45.1 Å². The number of benzene rings is 1. The Morgan fingerprint density at radius 3 is 2.45 bits per heavy atom. The Balaban J connectivity index is 1.87. The zero-order valence-corrected chi connectivity index (χ0v) is 18.4. The van der Waals surface area contributed by atoms with Gasteiger partial charge in [-0.15, -0.1) is 0 Å². The first-order chi connectivity index (χ1) is 14.4. The molecule has 0 heterocycles. The summed E-state index contributed by atoms with van der Waals surface area (Å²) in [7, 11) is -3.97. The van der Waals surface area contributed by atoms with E-state index in [0.29, 0.717) is 18.4 Å². The monoisotopic (exact) mass is 453 g/mol. The maximum atomic E-state index is 13.5. The number of ketones is 1. The van der Waals surface area contributed by atoms with Crippen LogP contribution in [0.5, 0.6) is 0 Å². The summed E-state index contributed by atoms with van der Waals surface area (Å²) in [6.45, 7) is 3.60. The second-order valence-corrected chi connectivity index (χ2v) is 10.9. The second-order valence-electron chi connectivity index (χ2n) is 8.97. The molecule has 11 heteroatoms. The largest absolute Gasteiger partial charge is 0.299 e. The number of non-ortho nitro benzene ring substituents is 1. The summed E-state index contributed by atoms with van der Waals surface area (Å²) >= 11 is 0. The van der Waals surface area contributed by atoms with Gasteiger partial charge in [-0.1, -0.05) is 26.0 Å². The molecule has 10 nitrogen and oxygen atoms in total. The minimum atomic E-state index is -3.97. The zero-order chi connectivity index (χ0) is 23.0. The van der Waals surface area contributed by atoms with Crippen molar-refractivity contribution >= 4 is 27.4 Å². The van der Waals surface area contributed by atoms with Gasteiger partial charge in [0.1, 0.15) is 5.78 Å². The quantitative estimate of drug-likeness (QED) is 0.330. The SMILES string of the molecule is CC1(C)C2CC[C@]1(CS(=O)(=O)N(CCC(=O)NO)Cc1ccc([N+](=O)[O-])cc1)C(=O)C2. The summed E-state index contributed by atoms with van der Waals surface area (Å²) < 4.78 is 28.0. The van der Waals surface area contributed by atoms with Crippen molar-refractivity contribution in [3.05, 3.63) is 39.9 Å². The van der Waals surface area contributed by atoms with Crippen molar-refractivity contribution in [2.24, 2.45) is 16.7 Å². The van der Waals surface area contributed by atoms with Gasteiger partial charge >= 0.3 is 0 Å². The van der Waals surface area contributed by atoms with Crippen LogP contribution in [-0.4, -0.2) is 46.8 Å². The number of nitrogens with one attached hydrogen (secondary N) is 1. The molecule has 2 bridgehead atoms. The number of rotatable bonds is 9. The van der Waals surface area contributed by atoms with Crippen LogP contribution in [0.3, 0.4) is 0 Å². The molecular weight excluding hydrogens is 426 g/mol. The Labute approximate surface area is 180 Å². The fourth-order valence-corrected chi connectivity index (χ4v) is 7.23. The van der Waals surface area contributed by atoms with Gasteiger partial charge in [-0.3, -0.25) is 24.9 Å².